The van der Waals surface area contributed by atoms with E-state index < -0.39 is 29.5 Å². The van der Waals surface area contributed by atoms with Crippen molar-refractivity contribution in [3.05, 3.63) is 95.3 Å². The number of halogens is 4. The number of nitrogens with one attached hydrogen (secondary N) is 2. The summed E-state index contributed by atoms with van der Waals surface area (Å²) in [6.45, 7) is -0.0280. The highest BCUT2D eigenvalue weighted by molar-refractivity contribution is 7.82. The van der Waals surface area contributed by atoms with Crippen molar-refractivity contribution in [2.75, 3.05) is 16.2 Å². The third-order valence-electron chi connectivity index (χ3n) is 4.67. The highest BCUT2D eigenvalue weighted by Crippen LogP contribution is 2.32. The van der Waals surface area contributed by atoms with Crippen LogP contribution in [0, 0.1) is 5.82 Å². The average Bonchev–Trinajstić information content (AvgIpc) is 2.79. The molecule has 0 unspecified atom stereocenters. The lowest BCUT2D eigenvalue weighted by atomic mass is 10.0. The lowest BCUT2D eigenvalue weighted by Crippen LogP contribution is -2.35. The van der Waals surface area contributed by atoms with Crippen LogP contribution in [0.2, 0.25) is 0 Å². The van der Waals surface area contributed by atoms with Gasteiger partial charge in [0.15, 0.2) is 0 Å². The number of benzene rings is 3. The predicted molar refractivity (Wildman–Crippen MR) is 121 cm³/mol. The largest absolute Gasteiger partial charge is 0.416 e. The number of urea groups is 1. The average molecular weight is 477 g/mol. The number of carbonyl (C=O) groups excluding carboxylic acids is 2. The molecule has 0 aliphatic rings. The Morgan fingerprint density at radius 1 is 0.909 bits per heavy atom. The molecule has 0 bridgehead atoms. The van der Waals surface area contributed by atoms with Gasteiger partial charge in [-0.3, -0.25) is 4.79 Å². The molecule has 3 rings (SSSR count). The van der Waals surface area contributed by atoms with Gasteiger partial charge in [0.1, 0.15) is 5.82 Å². The molecule has 3 aromatic rings. The minimum absolute atomic E-state index is 0.00986. The predicted octanol–water partition coefficient (Wildman–Crippen LogP) is 5.70. The van der Waals surface area contributed by atoms with E-state index in [9.17, 15) is 27.2 Å². The molecule has 2 N–H and O–H groups in total. The fourth-order valence-corrected chi connectivity index (χ4v) is 3.24. The van der Waals surface area contributed by atoms with Crippen molar-refractivity contribution < 1.29 is 27.2 Å². The summed E-state index contributed by atoms with van der Waals surface area (Å²) in [5.41, 5.74) is -0.0434. The van der Waals surface area contributed by atoms with Gasteiger partial charge in [0, 0.05) is 12.2 Å². The van der Waals surface area contributed by atoms with Crippen molar-refractivity contribution in [1.82, 2.24) is 5.32 Å². The molecule has 0 spiro atoms. The van der Waals surface area contributed by atoms with Gasteiger partial charge in [-0.2, -0.15) is 13.2 Å². The Morgan fingerprint density at radius 3 is 2.21 bits per heavy atom. The van der Waals surface area contributed by atoms with Crippen molar-refractivity contribution in [2.45, 2.75) is 12.6 Å². The Hall–Kier alpha value is -3.53. The van der Waals surface area contributed by atoms with E-state index in [1.54, 1.807) is 6.07 Å². The summed E-state index contributed by atoms with van der Waals surface area (Å²) in [7, 11) is 0. The van der Waals surface area contributed by atoms with Crippen LogP contribution in [0.4, 0.5) is 33.7 Å². The lowest BCUT2D eigenvalue weighted by molar-refractivity contribution is -0.138. The molecule has 10 heteroatoms. The molecule has 0 aliphatic carbocycles. The molecule has 0 atom stereocenters. The zero-order chi connectivity index (χ0) is 24.0. The van der Waals surface area contributed by atoms with Gasteiger partial charge in [0.05, 0.1) is 16.8 Å². The second-order valence-electron chi connectivity index (χ2n) is 6.93. The Bertz CT molecular complexity index is 1140. The number of carbonyl (C=O) groups is 2. The zero-order valence-electron chi connectivity index (χ0n) is 17.1. The maximum Gasteiger partial charge on any atom is 0.416 e. The fourth-order valence-electron chi connectivity index (χ4n) is 3.04. The van der Waals surface area contributed by atoms with Crippen LogP contribution in [0.3, 0.4) is 0 Å². The monoisotopic (exact) mass is 477 g/mol. The highest BCUT2D eigenvalue weighted by Gasteiger charge is 2.32. The topological polar surface area (TPSA) is 61.4 Å². The summed E-state index contributed by atoms with van der Waals surface area (Å²) in [5, 5.41) is 5.06. The SMILES string of the molecule is O=C(Nc1ccc(N(S)C(=O)NCCc2ccccc2C(F)(F)F)cc1)c1ccccc1F. The quantitative estimate of drug-likeness (QED) is 0.315. The number of nitrogens with zero attached hydrogens (tertiary/aromatic N) is 1. The molecule has 3 aromatic carbocycles. The minimum atomic E-state index is -4.47. The first-order valence-electron chi connectivity index (χ1n) is 9.74. The smallest absolute Gasteiger partial charge is 0.337 e. The van der Waals surface area contributed by atoms with Crippen LogP contribution in [-0.2, 0) is 12.6 Å². The van der Waals surface area contributed by atoms with Gasteiger partial charge in [0.25, 0.3) is 5.91 Å². The van der Waals surface area contributed by atoms with Crippen LogP contribution in [0.25, 0.3) is 0 Å². The normalized spacial score (nSPS) is 11.1. The van der Waals surface area contributed by atoms with Gasteiger partial charge in [-0.1, -0.05) is 43.1 Å². The summed E-state index contributed by atoms with van der Waals surface area (Å²) >= 11 is 4.12. The van der Waals surface area contributed by atoms with E-state index in [2.05, 4.69) is 23.4 Å². The molecule has 0 fully saturated rings. The van der Waals surface area contributed by atoms with Crippen molar-refractivity contribution >= 4 is 36.1 Å². The Labute approximate surface area is 193 Å². The van der Waals surface area contributed by atoms with Gasteiger partial charge in [-0.25, -0.2) is 13.5 Å². The van der Waals surface area contributed by atoms with Crippen LogP contribution in [0.5, 0.6) is 0 Å². The van der Waals surface area contributed by atoms with Crippen molar-refractivity contribution in [2.24, 2.45) is 0 Å². The number of alkyl halides is 3. The zero-order valence-corrected chi connectivity index (χ0v) is 18.0. The third-order valence-corrected chi connectivity index (χ3v) is 5.09. The molecule has 0 heterocycles. The molecule has 0 radical (unpaired) electrons. The Balaban J connectivity index is 1.56. The van der Waals surface area contributed by atoms with Crippen LogP contribution in [-0.4, -0.2) is 18.5 Å². The molecule has 3 amide bonds. The highest BCUT2D eigenvalue weighted by atomic mass is 32.1. The number of hydrogen-bond acceptors (Lipinski definition) is 3. The van der Waals surface area contributed by atoms with E-state index in [1.807, 2.05) is 0 Å². The van der Waals surface area contributed by atoms with E-state index in [1.165, 1.54) is 60.7 Å². The van der Waals surface area contributed by atoms with Crippen LogP contribution in [0.15, 0.2) is 72.8 Å². The van der Waals surface area contributed by atoms with Crippen molar-refractivity contribution in [1.29, 1.82) is 0 Å². The minimum Gasteiger partial charge on any atom is -0.337 e. The van der Waals surface area contributed by atoms with Gasteiger partial charge in [0.2, 0.25) is 0 Å². The Kier molecular flexibility index (Phi) is 7.59. The molecule has 0 saturated carbocycles. The van der Waals surface area contributed by atoms with E-state index >= 15 is 0 Å². The molecular formula is C23H19F4N3O2S. The molecule has 33 heavy (non-hydrogen) atoms. The van der Waals surface area contributed by atoms with Crippen molar-refractivity contribution in [3.63, 3.8) is 0 Å². The first kappa shape index (κ1) is 24.1. The number of hydrogen-bond donors (Lipinski definition) is 3. The second-order valence-corrected chi connectivity index (χ2v) is 7.33. The standard InChI is InChI=1S/C23H19F4N3O2S/c24-20-8-4-2-6-18(20)21(31)29-16-9-11-17(12-10-16)30(33)22(32)28-14-13-15-5-1-3-7-19(15)23(25,26)27/h1-12,33H,13-14H2,(H,28,32)(H,29,31). The van der Waals surface area contributed by atoms with Crippen LogP contribution >= 0.6 is 12.8 Å². The second kappa shape index (κ2) is 10.4. The van der Waals surface area contributed by atoms with Crippen LogP contribution in [0.1, 0.15) is 21.5 Å². The third kappa shape index (κ3) is 6.26. The molecule has 172 valence electrons. The van der Waals surface area contributed by atoms with Gasteiger partial charge in [-0.15, -0.1) is 0 Å². The summed E-state index contributed by atoms with van der Waals surface area (Å²) < 4.78 is 53.9. The number of rotatable bonds is 6. The summed E-state index contributed by atoms with van der Waals surface area (Å²) in [5.74, 6) is -1.27. The maximum atomic E-state index is 13.7. The van der Waals surface area contributed by atoms with E-state index in [0.29, 0.717) is 11.4 Å². The van der Waals surface area contributed by atoms with E-state index in [0.717, 1.165) is 10.4 Å². The summed E-state index contributed by atoms with van der Waals surface area (Å²) in [4.78, 5) is 24.5. The molecular weight excluding hydrogens is 458 g/mol. The lowest BCUT2D eigenvalue weighted by Gasteiger charge is -2.18. The maximum absolute atomic E-state index is 13.7. The molecule has 0 aliphatic heterocycles. The van der Waals surface area contributed by atoms with E-state index in [-0.39, 0.29) is 24.1 Å². The van der Waals surface area contributed by atoms with Gasteiger partial charge >= 0.3 is 12.2 Å². The number of anilines is 2. The first-order chi connectivity index (χ1) is 15.7. The summed E-state index contributed by atoms with van der Waals surface area (Å²) in [6, 6.07) is 16.1. The van der Waals surface area contributed by atoms with Gasteiger partial charge in [-0.05, 0) is 54.4 Å². The number of amides is 3. The number of thiol groups is 1. The van der Waals surface area contributed by atoms with E-state index in [4.69, 9.17) is 0 Å². The molecule has 0 saturated heterocycles. The molecule has 5 nitrogen and oxygen atoms in total. The molecule has 0 aromatic heterocycles. The Morgan fingerprint density at radius 2 is 1.55 bits per heavy atom. The fraction of sp³-hybridized carbons (Fsp3) is 0.130. The van der Waals surface area contributed by atoms with Crippen molar-refractivity contribution in [3.8, 4) is 0 Å². The van der Waals surface area contributed by atoms with Gasteiger partial charge < -0.3 is 10.6 Å². The van der Waals surface area contributed by atoms with Crippen LogP contribution < -0.4 is 14.9 Å². The summed E-state index contributed by atoms with van der Waals surface area (Å²) in [6.07, 6.45) is -4.48. The first-order valence-corrected chi connectivity index (χ1v) is 10.1.